The summed E-state index contributed by atoms with van der Waals surface area (Å²) >= 11 is 0. The Bertz CT molecular complexity index is 725. The molecule has 0 aromatic heterocycles. The van der Waals surface area contributed by atoms with Gasteiger partial charge in [0, 0.05) is 6.42 Å². The Labute approximate surface area is 146 Å². The van der Waals surface area contributed by atoms with Crippen molar-refractivity contribution in [1.82, 2.24) is 0 Å². The van der Waals surface area contributed by atoms with E-state index in [0.29, 0.717) is 37.0 Å². The first kappa shape index (κ1) is 18.7. The third-order valence-electron chi connectivity index (χ3n) is 5.28. The summed E-state index contributed by atoms with van der Waals surface area (Å²) in [6.45, 7) is 5.98. The van der Waals surface area contributed by atoms with Gasteiger partial charge in [-0.25, -0.2) is 8.42 Å². The van der Waals surface area contributed by atoms with Gasteiger partial charge >= 0.3 is 0 Å². The van der Waals surface area contributed by atoms with Crippen molar-refractivity contribution in [3.05, 3.63) is 70.7 Å². The number of sulfone groups is 1. The molecule has 0 fully saturated rings. The molecule has 0 unspecified atom stereocenters. The smallest absolute Gasteiger partial charge is 0.180 e. The van der Waals surface area contributed by atoms with Crippen LogP contribution in [0.3, 0.4) is 0 Å². The fourth-order valence-corrected chi connectivity index (χ4v) is 5.98. The van der Waals surface area contributed by atoms with Gasteiger partial charge in [0.25, 0.3) is 0 Å². The molecule has 3 heteroatoms. The Kier molecular flexibility index (Phi) is 6.22. The molecule has 0 spiro atoms. The largest absolute Gasteiger partial charge is 0.223 e. The van der Waals surface area contributed by atoms with E-state index >= 15 is 0 Å². The second-order valence-corrected chi connectivity index (χ2v) is 8.71. The minimum Gasteiger partial charge on any atom is -0.223 e. The van der Waals surface area contributed by atoms with Gasteiger partial charge < -0.3 is 0 Å². The summed E-state index contributed by atoms with van der Waals surface area (Å²) < 4.78 is 26.6. The van der Waals surface area contributed by atoms with E-state index in [0.717, 1.165) is 11.1 Å². The lowest BCUT2D eigenvalue weighted by Crippen LogP contribution is -2.38. The van der Waals surface area contributed by atoms with Gasteiger partial charge in [-0.15, -0.1) is 0 Å². The van der Waals surface area contributed by atoms with E-state index in [1.165, 1.54) is 0 Å². The van der Waals surface area contributed by atoms with Gasteiger partial charge in [0.2, 0.25) is 0 Å². The third-order valence-corrected chi connectivity index (χ3v) is 8.34. The van der Waals surface area contributed by atoms with Crippen molar-refractivity contribution in [3.8, 4) is 0 Å². The lowest BCUT2D eigenvalue weighted by Gasteiger charge is -2.32. The summed E-state index contributed by atoms with van der Waals surface area (Å²) in [7, 11) is -3.38. The maximum Gasteiger partial charge on any atom is 0.180 e. The molecule has 2 rings (SSSR count). The van der Waals surface area contributed by atoms with Gasteiger partial charge in [0.15, 0.2) is 9.84 Å². The molecule has 1 aromatic rings. The van der Waals surface area contributed by atoms with E-state index in [1.807, 2.05) is 75.4 Å². The van der Waals surface area contributed by atoms with Crippen molar-refractivity contribution < 1.29 is 8.42 Å². The summed E-state index contributed by atoms with van der Waals surface area (Å²) in [6, 6.07) is 9.90. The zero-order valence-corrected chi connectivity index (χ0v) is 15.8. The zero-order chi connectivity index (χ0) is 17.6. The molecule has 0 atom stereocenters. The van der Waals surface area contributed by atoms with E-state index in [4.69, 9.17) is 0 Å². The Morgan fingerprint density at radius 1 is 1.00 bits per heavy atom. The van der Waals surface area contributed by atoms with Crippen LogP contribution in [0.4, 0.5) is 0 Å². The highest BCUT2D eigenvalue weighted by Crippen LogP contribution is 2.38. The highest BCUT2D eigenvalue weighted by molar-refractivity contribution is 7.96. The third kappa shape index (κ3) is 3.56. The van der Waals surface area contributed by atoms with Gasteiger partial charge in [0.1, 0.15) is 0 Å². The number of benzene rings is 1. The van der Waals surface area contributed by atoms with Crippen LogP contribution in [0.25, 0.3) is 0 Å². The maximum absolute atomic E-state index is 13.6. The molecule has 0 amide bonds. The Hall–Kier alpha value is -1.61. The second kappa shape index (κ2) is 7.98. The minimum atomic E-state index is -3.38. The zero-order valence-electron chi connectivity index (χ0n) is 15.0. The molecule has 0 aliphatic heterocycles. The van der Waals surface area contributed by atoms with Crippen molar-refractivity contribution in [3.63, 3.8) is 0 Å². The fraction of sp³-hybridized carbons (Fsp3) is 0.429. The van der Waals surface area contributed by atoms with Crippen LogP contribution < -0.4 is 0 Å². The first-order valence-electron chi connectivity index (χ1n) is 8.84. The molecule has 24 heavy (non-hydrogen) atoms. The van der Waals surface area contributed by atoms with Crippen LogP contribution in [0.15, 0.2) is 65.1 Å². The average molecular weight is 345 g/mol. The van der Waals surface area contributed by atoms with Crippen molar-refractivity contribution in [2.45, 2.75) is 57.6 Å². The molecule has 2 nitrogen and oxygen atoms in total. The second-order valence-electron chi connectivity index (χ2n) is 6.35. The normalized spacial score (nSPS) is 17.1. The van der Waals surface area contributed by atoms with Crippen LogP contribution in [0.1, 0.15) is 52.0 Å². The molecule has 0 saturated carbocycles. The van der Waals surface area contributed by atoms with Crippen LogP contribution in [-0.2, 0) is 16.3 Å². The van der Waals surface area contributed by atoms with E-state index in [9.17, 15) is 8.42 Å². The van der Waals surface area contributed by atoms with Gasteiger partial charge in [-0.05, 0) is 36.8 Å². The molecular formula is C21H28O2S. The maximum atomic E-state index is 13.6. The summed E-state index contributed by atoms with van der Waals surface area (Å²) in [5.74, 6) is 0. The summed E-state index contributed by atoms with van der Waals surface area (Å²) in [5, 5.41) is 0. The summed E-state index contributed by atoms with van der Waals surface area (Å²) in [4.78, 5) is 0.597. The standard InChI is InChI=1S/C21H28O2S/c1-4-21(5-2,6-3)24(22,23)20(19-15-11-8-12-16-19)17-18-13-9-7-10-14-18/h7-15H,4-6,16-17H2,1-3H3/b20-19-. The first-order chi connectivity index (χ1) is 11.5. The lowest BCUT2D eigenvalue weighted by atomic mass is 9.99. The van der Waals surface area contributed by atoms with Crippen LogP contribution >= 0.6 is 0 Å². The molecule has 130 valence electrons. The van der Waals surface area contributed by atoms with Crippen LogP contribution in [-0.4, -0.2) is 13.2 Å². The number of rotatable bonds is 7. The summed E-state index contributed by atoms with van der Waals surface area (Å²) in [6.07, 6.45) is 11.0. The number of hydrogen-bond acceptors (Lipinski definition) is 2. The molecule has 0 heterocycles. The average Bonchev–Trinajstić information content (AvgIpc) is 2.63. The van der Waals surface area contributed by atoms with E-state index in [1.54, 1.807) is 0 Å². The number of allylic oxidation sites excluding steroid dienone is 6. The topological polar surface area (TPSA) is 34.1 Å². The quantitative estimate of drug-likeness (QED) is 0.665. The highest BCUT2D eigenvalue weighted by Gasteiger charge is 2.42. The molecule has 1 aliphatic rings. The van der Waals surface area contributed by atoms with Gasteiger partial charge in [0.05, 0.1) is 9.65 Å². The van der Waals surface area contributed by atoms with E-state index in [-0.39, 0.29) is 0 Å². The molecule has 0 N–H and O–H groups in total. The molecule has 0 radical (unpaired) electrons. The van der Waals surface area contributed by atoms with E-state index in [2.05, 4.69) is 0 Å². The van der Waals surface area contributed by atoms with E-state index < -0.39 is 14.6 Å². The van der Waals surface area contributed by atoms with Gasteiger partial charge in [-0.3, -0.25) is 0 Å². The van der Waals surface area contributed by atoms with Crippen molar-refractivity contribution in [2.75, 3.05) is 0 Å². The van der Waals surface area contributed by atoms with Crippen molar-refractivity contribution in [1.29, 1.82) is 0 Å². The molecular weight excluding hydrogens is 316 g/mol. The molecule has 0 saturated heterocycles. The predicted molar refractivity (Wildman–Crippen MR) is 103 cm³/mol. The minimum absolute atomic E-state index is 0.471. The van der Waals surface area contributed by atoms with Crippen molar-refractivity contribution in [2.24, 2.45) is 0 Å². The monoisotopic (exact) mass is 344 g/mol. The molecule has 0 bridgehead atoms. The number of hydrogen-bond donors (Lipinski definition) is 0. The highest BCUT2D eigenvalue weighted by atomic mass is 32.2. The SMILES string of the molecule is CCC(CC)(CC)S(=O)(=O)/C(Cc1ccccc1)=C1/C=CC=CC1. The Balaban J connectivity index is 2.58. The fourth-order valence-electron chi connectivity index (χ4n) is 3.46. The van der Waals surface area contributed by atoms with Gasteiger partial charge in [-0.2, -0.15) is 0 Å². The molecule has 1 aliphatic carbocycles. The predicted octanol–water partition coefficient (Wildman–Crippen LogP) is 5.38. The first-order valence-corrected chi connectivity index (χ1v) is 10.3. The van der Waals surface area contributed by atoms with Crippen LogP contribution in [0, 0.1) is 0 Å². The van der Waals surface area contributed by atoms with Crippen LogP contribution in [0.5, 0.6) is 0 Å². The molecule has 1 aromatic carbocycles. The Morgan fingerprint density at radius 2 is 1.62 bits per heavy atom. The summed E-state index contributed by atoms with van der Waals surface area (Å²) in [5.41, 5.74) is 1.98. The van der Waals surface area contributed by atoms with Crippen LogP contribution in [0.2, 0.25) is 0 Å². The van der Waals surface area contributed by atoms with Crippen molar-refractivity contribution >= 4 is 9.84 Å². The lowest BCUT2D eigenvalue weighted by molar-refractivity contribution is 0.471. The Morgan fingerprint density at radius 3 is 2.12 bits per heavy atom. The van der Waals surface area contributed by atoms with Gasteiger partial charge in [-0.1, -0.05) is 75.4 Å².